The molecule has 0 spiro atoms. The van der Waals surface area contributed by atoms with Crippen LogP contribution < -0.4 is 0 Å². The lowest BCUT2D eigenvalue weighted by Gasteiger charge is -2.10. The maximum absolute atomic E-state index is 6.75. The molecule has 5 aromatic rings. The van der Waals surface area contributed by atoms with E-state index in [1.165, 1.54) is 0 Å². The first kappa shape index (κ1) is 21.4. The van der Waals surface area contributed by atoms with Gasteiger partial charge in [0, 0.05) is 33.7 Å². The third kappa shape index (κ3) is 3.91. The maximum Gasteiger partial charge on any atom is 0.143 e. The summed E-state index contributed by atoms with van der Waals surface area (Å²) in [6.45, 7) is 5.66. The van der Waals surface area contributed by atoms with Gasteiger partial charge >= 0.3 is 0 Å². The molecule has 0 aliphatic rings. The Kier molecular flexibility index (Phi) is 6.05. The molecule has 0 bridgehead atoms. The number of furan rings is 1. The summed E-state index contributed by atoms with van der Waals surface area (Å²) >= 11 is 0. The average Bonchev–Trinajstić information content (AvgIpc) is 3.28. The van der Waals surface area contributed by atoms with Gasteiger partial charge in [-0.1, -0.05) is 115 Å². The molecule has 0 aliphatic carbocycles. The van der Waals surface area contributed by atoms with Crippen molar-refractivity contribution in [3.05, 3.63) is 127 Å². The molecule has 1 heterocycles. The van der Waals surface area contributed by atoms with E-state index in [1.807, 2.05) is 37.3 Å². The number of rotatable bonds is 6. The van der Waals surface area contributed by atoms with E-state index in [0.717, 1.165) is 55.7 Å². The number of nitrogens with zero attached hydrogens (tertiary/aromatic N) is 1. The summed E-state index contributed by atoms with van der Waals surface area (Å²) in [6.07, 6.45) is 5.84. The molecule has 0 fully saturated rings. The van der Waals surface area contributed by atoms with Gasteiger partial charge in [-0.2, -0.15) is 0 Å². The van der Waals surface area contributed by atoms with Crippen LogP contribution in [-0.4, -0.2) is 6.72 Å². The van der Waals surface area contributed by atoms with Gasteiger partial charge in [0.05, 0.1) is 0 Å². The molecular formula is C32H25NO. The molecule has 2 heteroatoms. The Morgan fingerprint density at radius 2 is 1.24 bits per heavy atom. The predicted molar refractivity (Wildman–Crippen MR) is 145 cm³/mol. The number of aliphatic imine (C=N–C) groups is 1. The van der Waals surface area contributed by atoms with E-state index in [9.17, 15) is 0 Å². The Morgan fingerprint density at radius 1 is 0.676 bits per heavy atom. The topological polar surface area (TPSA) is 25.5 Å². The van der Waals surface area contributed by atoms with Gasteiger partial charge < -0.3 is 4.42 Å². The Labute approximate surface area is 200 Å². The largest absolute Gasteiger partial charge is 0.455 e. The number of fused-ring (bicyclic) bond motifs is 1. The zero-order valence-corrected chi connectivity index (χ0v) is 19.1. The normalized spacial score (nSPS) is 11.9. The second-order valence-corrected chi connectivity index (χ2v) is 8.03. The molecule has 2 nitrogen and oxygen atoms in total. The van der Waals surface area contributed by atoms with Gasteiger partial charge in [-0.05, 0) is 30.3 Å². The molecule has 0 radical (unpaired) electrons. The summed E-state index contributed by atoms with van der Waals surface area (Å²) in [6, 6.07) is 35.5. The quantitative estimate of drug-likeness (QED) is 0.191. The van der Waals surface area contributed by atoms with Crippen LogP contribution in [0.3, 0.4) is 0 Å². The Bertz CT molecular complexity index is 1520. The highest BCUT2D eigenvalue weighted by Gasteiger charge is 2.20. The van der Waals surface area contributed by atoms with Crippen molar-refractivity contribution in [2.24, 2.45) is 4.99 Å². The fourth-order valence-electron chi connectivity index (χ4n) is 4.45. The Morgan fingerprint density at radius 3 is 1.91 bits per heavy atom. The van der Waals surface area contributed by atoms with E-state index in [2.05, 4.69) is 96.6 Å². The minimum Gasteiger partial charge on any atom is -0.455 e. The second kappa shape index (κ2) is 9.60. The maximum atomic E-state index is 6.75. The summed E-state index contributed by atoms with van der Waals surface area (Å²) in [4.78, 5) is 4.03. The van der Waals surface area contributed by atoms with Gasteiger partial charge in [0.15, 0.2) is 0 Å². The van der Waals surface area contributed by atoms with Crippen LogP contribution in [0.25, 0.3) is 50.1 Å². The third-order valence-corrected chi connectivity index (χ3v) is 5.94. The molecule has 4 aromatic carbocycles. The van der Waals surface area contributed by atoms with Crippen molar-refractivity contribution < 1.29 is 4.42 Å². The predicted octanol–water partition coefficient (Wildman–Crippen LogP) is 9.05. The van der Waals surface area contributed by atoms with E-state index >= 15 is 0 Å². The van der Waals surface area contributed by atoms with Crippen LogP contribution in [-0.2, 0) is 0 Å². The molecular weight excluding hydrogens is 414 g/mol. The monoisotopic (exact) mass is 439 g/mol. The molecule has 1 aromatic heterocycles. The number of hydrogen-bond acceptors (Lipinski definition) is 2. The zero-order chi connectivity index (χ0) is 23.3. The van der Waals surface area contributed by atoms with Crippen molar-refractivity contribution in [1.29, 1.82) is 0 Å². The minimum absolute atomic E-state index is 0.850. The van der Waals surface area contributed by atoms with Gasteiger partial charge in [-0.3, -0.25) is 4.99 Å². The first-order valence-corrected chi connectivity index (χ1v) is 11.4. The van der Waals surface area contributed by atoms with Crippen LogP contribution in [0.5, 0.6) is 0 Å². The third-order valence-electron chi connectivity index (χ3n) is 5.94. The van der Waals surface area contributed by atoms with Gasteiger partial charge in [0.25, 0.3) is 0 Å². The number of benzene rings is 4. The smallest absolute Gasteiger partial charge is 0.143 e. The lowest BCUT2D eigenvalue weighted by atomic mass is 9.95. The SMILES string of the molecule is C=N/C=C(\C=C/C)c1ccccc1-c1oc(-c2ccccc2-c2ccccc2)c2ccccc12. The van der Waals surface area contributed by atoms with Gasteiger partial charge in [0.2, 0.25) is 0 Å². The van der Waals surface area contributed by atoms with Crippen molar-refractivity contribution in [3.8, 4) is 33.8 Å². The average molecular weight is 440 g/mol. The fourth-order valence-corrected chi connectivity index (χ4v) is 4.45. The first-order chi connectivity index (χ1) is 16.8. The number of hydrogen-bond donors (Lipinski definition) is 0. The Hall–Kier alpha value is -4.43. The standard InChI is InChI=1S/C32H25NO/c1-3-13-24(22-33-2)26-17-8-10-19-28(26)32-30-21-12-11-20-29(30)31(34-32)27-18-9-7-16-25(27)23-14-5-4-6-15-23/h3-22H,2H2,1H3/b13-3-,24-22+. The molecule has 0 unspecified atom stereocenters. The van der Waals surface area contributed by atoms with Crippen molar-refractivity contribution in [2.75, 3.05) is 0 Å². The molecule has 34 heavy (non-hydrogen) atoms. The van der Waals surface area contributed by atoms with Crippen LogP contribution in [0.4, 0.5) is 0 Å². The molecule has 0 aliphatic heterocycles. The van der Waals surface area contributed by atoms with Crippen molar-refractivity contribution in [1.82, 2.24) is 0 Å². The van der Waals surface area contributed by atoms with Crippen molar-refractivity contribution >= 4 is 23.1 Å². The van der Waals surface area contributed by atoms with E-state index in [1.54, 1.807) is 6.20 Å². The highest BCUT2D eigenvalue weighted by Crippen LogP contribution is 2.44. The fraction of sp³-hybridized carbons (Fsp3) is 0.0312. The van der Waals surface area contributed by atoms with Crippen molar-refractivity contribution in [2.45, 2.75) is 6.92 Å². The summed E-state index contributed by atoms with van der Waals surface area (Å²) in [5, 5.41) is 2.17. The minimum atomic E-state index is 0.850. The molecule has 0 amide bonds. The Balaban J connectivity index is 1.78. The van der Waals surface area contributed by atoms with Crippen LogP contribution in [0.15, 0.2) is 131 Å². The van der Waals surface area contributed by atoms with E-state index in [4.69, 9.17) is 4.42 Å². The van der Waals surface area contributed by atoms with Crippen molar-refractivity contribution in [3.63, 3.8) is 0 Å². The highest BCUT2D eigenvalue weighted by atomic mass is 16.3. The number of allylic oxidation sites excluding steroid dienone is 3. The molecule has 0 saturated carbocycles. The van der Waals surface area contributed by atoms with E-state index < -0.39 is 0 Å². The van der Waals surface area contributed by atoms with E-state index in [0.29, 0.717) is 0 Å². The van der Waals surface area contributed by atoms with Crippen LogP contribution in [0, 0.1) is 0 Å². The van der Waals surface area contributed by atoms with Gasteiger partial charge in [-0.15, -0.1) is 0 Å². The molecule has 5 rings (SSSR count). The first-order valence-electron chi connectivity index (χ1n) is 11.4. The summed E-state index contributed by atoms with van der Waals surface area (Å²) in [5.41, 5.74) is 6.44. The summed E-state index contributed by atoms with van der Waals surface area (Å²) in [5.74, 6) is 1.72. The summed E-state index contributed by atoms with van der Waals surface area (Å²) < 4.78 is 6.75. The lowest BCUT2D eigenvalue weighted by Crippen LogP contribution is -1.87. The summed E-state index contributed by atoms with van der Waals surface area (Å²) in [7, 11) is 0. The highest BCUT2D eigenvalue weighted by molar-refractivity contribution is 6.06. The zero-order valence-electron chi connectivity index (χ0n) is 19.1. The molecule has 0 N–H and O–H groups in total. The van der Waals surface area contributed by atoms with Crippen LogP contribution in [0.2, 0.25) is 0 Å². The second-order valence-electron chi connectivity index (χ2n) is 8.03. The molecule has 0 saturated heterocycles. The lowest BCUT2D eigenvalue weighted by molar-refractivity contribution is 0.602. The van der Waals surface area contributed by atoms with Gasteiger partial charge in [-0.25, -0.2) is 0 Å². The van der Waals surface area contributed by atoms with Crippen LogP contribution in [0.1, 0.15) is 12.5 Å². The van der Waals surface area contributed by atoms with Crippen LogP contribution >= 0.6 is 0 Å². The van der Waals surface area contributed by atoms with E-state index in [-0.39, 0.29) is 0 Å². The molecule has 0 atom stereocenters. The van der Waals surface area contributed by atoms with Gasteiger partial charge in [0.1, 0.15) is 11.5 Å². The molecule has 164 valence electrons.